The standard InChI is InChI=1S/C42H26BN3.C36H21BN2O.C36H21BN2S/c1-2-13-27(14-3-1)44-34-21-7-4-17-30(34)33-20-12-26-39(42(33)44)45-37-24-10-18-31-28-15-5-8-22-35(28)46-36-23-9-6-16-29(36)32-19-11-25-38(45)41(32)43(46)40(31)37;2*1-4-16-28-22(10-1)25-13-7-18-30-34(25)37-35-26(23-11-2-5-17-29(23)39(28)37)14-8-19-31(35)38(30)32-20-9-15-27-24-12-3-6-21-33(24)40-36(27)32/h1-26H;2*1-21H. The second-order valence-corrected chi connectivity index (χ2v) is 35.3. The summed E-state index contributed by atoms with van der Waals surface area (Å²) in [5.74, 6) is 0. The number of hydrogen-bond donors (Lipinski definition) is 0. The van der Waals surface area contributed by atoms with Gasteiger partial charge in [0.1, 0.15) is 5.58 Å². The SMILES string of the molecule is c1ccc(-n2c3ccccc3c3cccc(N4c5cccc6c5B5c7c(cccc74)-c4ccccc4N5c4ccccc4-6)c32)cc1.c1ccc2c(c1)-c1cccc3c1B1c4c(cccc4N3c3cccc4c3oc3ccccc34)-c3ccccc3N12.c1ccc2c(c1)-c1cccc3c1B1c4c(cccc4N3c3cccc4c3sc3ccccc34)-c3ccccc3N12. The van der Waals surface area contributed by atoms with Crippen molar-refractivity contribution >= 4 is 214 Å². The number of hydrogen-bond acceptors (Lipinski definition) is 8. The first-order valence-electron chi connectivity index (χ1n) is 43.7. The topological polar surface area (TPSA) is 37.5 Å². The van der Waals surface area contributed by atoms with Crippen molar-refractivity contribution in [1.29, 1.82) is 0 Å². The third kappa shape index (κ3) is 9.08. The summed E-state index contributed by atoms with van der Waals surface area (Å²) in [7, 11) is 0. The molecule has 31 rings (SSSR count). The highest BCUT2D eigenvalue weighted by Gasteiger charge is 2.53. The van der Waals surface area contributed by atoms with Gasteiger partial charge in [0.15, 0.2) is 5.58 Å². The number of fused-ring (bicyclic) bond motifs is 27. The summed E-state index contributed by atoms with van der Waals surface area (Å²) in [6.07, 6.45) is 0. The van der Waals surface area contributed by atoms with Crippen molar-refractivity contribution in [2.24, 2.45) is 0 Å². The predicted octanol–water partition coefficient (Wildman–Crippen LogP) is 26.5. The van der Waals surface area contributed by atoms with Crippen molar-refractivity contribution in [3.05, 3.63) is 413 Å². The van der Waals surface area contributed by atoms with Gasteiger partial charge in [0.25, 0.3) is 0 Å². The molecule has 0 bridgehead atoms. The Labute approximate surface area is 731 Å². The summed E-state index contributed by atoms with van der Waals surface area (Å²) in [6.45, 7) is 0.297. The van der Waals surface area contributed by atoms with E-state index in [1.54, 1.807) is 0 Å². The van der Waals surface area contributed by atoms with Gasteiger partial charge >= 0.3 is 20.5 Å². The largest absolute Gasteiger partial charge is 0.454 e. The van der Waals surface area contributed by atoms with E-state index in [2.05, 4.69) is 440 Å². The molecule has 12 heteroatoms. The van der Waals surface area contributed by atoms with Crippen LogP contribution in [0.1, 0.15) is 0 Å². The Balaban J connectivity index is 0.0000000944. The summed E-state index contributed by atoms with van der Waals surface area (Å²) < 4.78 is 11.7. The average Bonchev–Trinajstić information content (AvgIpc) is 0.724. The van der Waals surface area contributed by atoms with Gasteiger partial charge < -0.3 is 38.1 Å². The van der Waals surface area contributed by atoms with Crippen LogP contribution in [0.5, 0.6) is 0 Å². The van der Waals surface area contributed by atoms with Crippen LogP contribution >= 0.6 is 11.3 Å². The van der Waals surface area contributed by atoms with Gasteiger partial charge in [0, 0.05) is 144 Å². The van der Waals surface area contributed by atoms with Crippen LogP contribution in [-0.4, -0.2) is 25.1 Å². The van der Waals surface area contributed by atoms with Gasteiger partial charge in [0.05, 0.1) is 32.8 Å². The zero-order valence-corrected chi connectivity index (χ0v) is 68.8. The van der Waals surface area contributed by atoms with Gasteiger partial charge in [-0.1, -0.05) is 291 Å². The Morgan fingerprint density at radius 1 is 0.198 bits per heavy atom. The van der Waals surface area contributed by atoms with Gasteiger partial charge in [-0.15, -0.1) is 11.3 Å². The number of rotatable bonds is 4. The summed E-state index contributed by atoms with van der Waals surface area (Å²) >= 11 is 1.90. The van der Waals surface area contributed by atoms with E-state index in [4.69, 9.17) is 4.42 Å². The predicted molar refractivity (Wildman–Crippen MR) is 532 cm³/mol. The molecule has 0 radical (unpaired) electrons. The molecule has 3 aromatic heterocycles. The molecule has 9 aliphatic rings. The fourth-order valence-electron chi connectivity index (χ4n) is 23.5. The fraction of sp³-hybridized carbons (Fsp3) is 0. The van der Waals surface area contributed by atoms with Crippen molar-refractivity contribution in [2.45, 2.75) is 0 Å². The van der Waals surface area contributed by atoms with Crippen molar-refractivity contribution in [1.82, 2.24) is 4.57 Å². The Bertz CT molecular complexity index is 7950. The van der Waals surface area contributed by atoms with Crippen LogP contribution < -0.4 is 61.9 Å². The number of para-hydroxylation sites is 11. The maximum atomic E-state index is 6.59. The molecule has 0 fully saturated rings. The molecule has 580 valence electrons. The molecule has 126 heavy (non-hydrogen) atoms. The van der Waals surface area contributed by atoms with E-state index in [1.165, 1.54) is 221 Å². The zero-order valence-electron chi connectivity index (χ0n) is 67.9. The monoisotopic (exact) mass is 1620 g/mol. The van der Waals surface area contributed by atoms with E-state index in [1.807, 2.05) is 17.4 Å². The normalized spacial score (nSPS) is 13.7. The molecule has 0 amide bonds. The van der Waals surface area contributed by atoms with E-state index in [0.29, 0.717) is 0 Å². The number of benzene rings is 19. The molecule has 9 aliphatic heterocycles. The molecule has 0 atom stereocenters. The quantitative estimate of drug-likeness (QED) is 0.163. The van der Waals surface area contributed by atoms with Crippen molar-refractivity contribution in [3.8, 4) is 72.4 Å². The third-order valence-electron chi connectivity index (χ3n) is 28.3. The van der Waals surface area contributed by atoms with Gasteiger partial charge in [-0.3, -0.25) is 0 Å². The van der Waals surface area contributed by atoms with E-state index in [-0.39, 0.29) is 20.5 Å². The molecule has 8 nitrogen and oxygen atoms in total. The number of thiophene rings is 1. The van der Waals surface area contributed by atoms with Gasteiger partial charge in [-0.05, 0) is 187 Å². The second kappa shape index (κ2) is 25.8. The number of aromatic nitrogens is 1. The van der Waals surface area contributed by atoms with Crippen molar-refractivity contribution in [2.75, 3.05) is 29.1 Å². The Hall–Kier alpha value is -16.0. The van der Waals surface area contributed by atoms with Crippen LogP contribution in [0.4, 0.5) is 85.3 Å². The molecule has 0 saturated carbocycles. The first-order valence-corrected chi connectivity index (χ1v) is 44.5. The lowest BCUT2D eigenvalue weighted by molar-refractivity contribution is 0.669. The minimum absolute atomic E-state index is 0.0811. The zero-order chi connectivity index (χ0) is 81.8. The molecule has 22 aromatic rings. The van der Waals surface area contributed by atoms with Crippen molar-refractivity contribution in [3.63, 3.8) is 0 Å². The van der Waals surface area contributed by atoms with Crippen molar-refractivity contribution < 1.29 is 4.42 Å². The van der Waals surface area contributed by atoms with Gasteiger partial charge in [-0.2, -0.15) is 0 Å². The first-order chi connectivity index (χ1) is 62.6. The lowest BCUT2D eigenvalue weighted by atomic mass is 9.41. The van der Waals surface area contributed by atoms with Crippen LogP contribution in [0.3, 0.4) is 0 Å². The average molecular weight is 1620 g/mol. The molecule has 0 aliphatic carbocycles. The van der Waals surface area contributed by atoms with E-state index in [9.17, 15) is 0 Å². The molecule has 0 unspecified atom stereocenters. The summed E-state index contributed by atoms with van der Waals surface area (Å²) in [5, 5.41) is 7.46. The number of furan rings is 1. The summed E-state index contributed by atoms with van der Waals surface area (Å²) in [4.78, 5) is 15.3. The van der Waals surface area contributed by atoms with Crippen LogP contribution in [0, 0.1) is 0 Å². The fourth-order valence-corrected chi connectivity index (χ4v) is 24.7. The molecule has 19 aromatic carbocycles. The maximum Gasteiger partial charge on any atom is 0.333 e. The van der Waals surface area contributed by atoms with Crippen LogP contribution in [0.15, 0.2) is 417 Å². The second-order valence-electron chi connectivity index (χ2n) is 34.2. The number of nitrogens with zero attached hydrogens (tertiary/aromatic N) is 7. The highest BCUT2D eigenvalue weighted by molar-refractivity contribution is 7.26. The summed E-state index contributed by atoms with van der Waals surface area (Å²) in [6, 6.07) is 151. The lowest BCUT2D eigenvalue weighted by Crippen LogP contribution is -2.63. The molecular formula is C114H68B3N7OS. The van der Waals surface area contributed by atoms with E-state index >= 15 is 0 Å². The highest BCUT2D eigenvalue weighted by Crippen LogP contribution is 2.58. The minimum atomic E-state index is 0.0811. The maximum absolute atomic E-state index is 6.59. The van der Waals surface area contributed by atoms with Gasteiger partial charge in [0.2, 0.25) is 0 Å². The van der Waals surface area contributed by atoms with Crippen LogP contribution in [0.2, 0.25) is 0 Å². The third-order valence-corrected chi connectivity index (χ3v) is 29.5. The molecule has 12 heterocycles. The first kappa shape index (κ1) is 68.6. The van der Waals surface area contributed by atoms with Crippen LogP contribution in [-0.2, 0) is 0 Å². The lowest BCUT2D eigenvalue weighted by Gasteiger charge is -2.49. The molecular weight excluding hydrogens is 1550 g/mol. The number of anilines is 15. The Morgan fingerprint density at radius 3 is 0.937 bits per heavy atom. The van der Waals surface area contributed by atoms with Gasteiger partial charge in [-0.25, -0.2) is 0 Å². The Kier molecular flexibility index (Phi) is 14.0. The molecule has 0 saturated heterocycles. The smallest absolute Gasteiger partial charge is 0.333 e. The minimum Gasteiger partial charge on any atom is -0.454 e. The van der Waals surface area contributed by atoms with E-state index < -0.39 is 0 Å². The molecule has 0 spiro atoms. The van der Waals surface area contributed by atoms with Crippen LogP contribution in [0.25, 0.3) is 136 Å². The van der Waals surface area contributed by atoms with E-state index in [0.717, 1.165) is 33.3 Å². The highest BCUT2D eigenvalue weighted by atomic mass is 32.1. The molecule has 0 N–H and O–H groups in total. The summed E-state index contributed by atoms with van der Waals surface area (Å²) in [5.41, 5.74) is 47.8. The Morgan fingerprint density at radius 2 is 0.492 bits per heavy atom.